The molecule has 0 aliphatic rings. The summed E-state index contributed by atoms with van der Waals surface area (Å²) >= 11 is 0. The zero-order valence-electron chi connectivity index (χ0n) is 20.3. The molecule has 0 aliphatic heterocycles. The van der Waals surface area contributed by atoms with E-state index < -0.39 is 104 Å². The topological polar surface area (TPSA) is 183 Å². The van der Waals surface area contributed by atoms with Gasteiger partial charge in [-0.15, -0.1) is 0 Å². The number of nitrogens with two attached hydrogens (primary N) is 1. The van der Waals surface area contributed by atoms with Crippen LogP contribution in [-0.4, -0.2) is 87.9 Å². The first kappa shape index (κ1) is 38.7. The predicted molar refractivity (Wildman–Crippen MR) is 115 cm³/mol. The van der Waals surface area contributed by atoms with E-state index in [0.717, 1.165) is 0 Å². The highest BCUT2D eigenvalue weighted by atomic mass is 35.7. The summed E-state index contributed by atoms with van der Waals surface area (Å²) in [5.74, 6) is -4.71. The molecule has 13 nitrogen and oxygen atoms in total. The molecule has 0 atom stereocenters. The van der Waals surface area contributed by atoms with Crippen molar-refractivity contribution in [3.05, 3.63) is 12.7 Å². The Hall–Kier alpha value is -3.33. The molecule has 0 saturated carbocycles. The van der Waals surface area contributed by atoms with Gasteiger partial charge < -0.3 is 18.9 Å². The lowest BCUT2D eigenvalue weighted by molar-refractivity contribution is -0.156. The average Bonchev–Trinajstić information content (AvgIpc) is 2.81. The molecule has 0 saturated heterocycles. The smallest absolute Gasteiger partial charge is 0.422 e. The van der Waals surface area contributed by atoms with Gasteiger partial charge in [0.1, 0.15) is 12.7 Å². The number of nitrogens with zero attached hydrogens (tertiary/aromatic N) is 4. The van der Waals surface area contributed by atoms with Crippen molar-refractivity contribution >= 4 is 29.8 Å². The monoisotopic (exact) mass is 729 g/mol. The van der Waals surface area contributed by atoms with E-state index >= 15 is 0 Å². The molecule has 2 rings (SSSR count). The summed E-state index contributed by atoms with van der Waals surface area (Å²) in [7, 11) is -4.71. The number of hydrogen-bond donors (Lipinski definition) is 1. The predicted octanol–water partition coefficient (Wildman–Crippen LogP) is 3.29. The third kappa shape index (κ3) is 14.9. The third-order valence-corrected chi connectivity index (χ3v) is 5.71. The number of ether oxygens (including phenoxy) is 4. The van der Waals surface area contributed by atoms with Gasteiger partial charge in [0.05, 0.1) is 0 Å². The fourth-order valence-corrected chi connectivity index (χ4v) is 3.90. The minimum atomic E-state index is -4.84. The summed E-state index contributed by atoms with van der Waals surface area (Å²) in [4.78, 5) is 9.74. The largest absolute Gasteiger partial charge is 0.467 e. The second kappa shape index (κ2) is 14.2. The highest BCUT2D eigenvalue weighted by Crippen LogP contribution is 2.34. The van der Waals surface area contributed by atoms with Gasteiger partial charge in [0, 0.05) is 10.7 Å². The molecule has 44 heavy (non-hydrogen) atoms. The maximum atomic E-state index is 12.0. The molecule has 0 bridgehead atoms. The van der Waals surface area contributed by atoms with Crippen LogP contribution in [0.4, 0.5) is 52.7 Å². The van der Waals surface area contributed by atoms with Crippen LogP contribution in [0.25, 0.3) is 0 Å². The normalized spacial score (nSPS) is 13.0. The van der Waals surface area contributed by atoms with Gasteiger partial charge in [-0.05, 0) is 0 Å². The van der Waals surface area contributed by atoms with E-state index in [1.165, 1.54) is 0 Å². The quantitative estimate of drug-likeness (QED) is 0.279. The Kier molecular flexibility index (Phi) is 12.5. The van der Waals surface area contributed by atoms with Crippen LogP contribution in [0, 0.1) is 0 Å². The fourth-order valence-electron chi connectivity index (χ4n) is 2.15. The lowest BCUT2D eigenvalue weighted by atomic mass is 10.5. The number of alkyl halides is 12. The standard InChI is InChI=1S/C8H5ClF6N2O4S.C8H7F6N3O4S/c9-22(18,19)4-5(20-1-7(10,11)12)16-3-17-6(4)21-2-8(13,14)15;9-7(10,11)1-20-5-4(22(15,18)19)6(17-3-16-5)21-2-8(12,13)14/h3H,1-2H2;3H,1-2H2,(H2,15,18,19). The van der Waals surface area contributed by atoms with Gasteiger partial charge in [-0.3, -0.25) is 0 Å². The van der Waals surface area contributed by atoms with E-state index in [0.29, 0.717) is 12.7 Å². The van der Waals surface area contributed by atoms with E-state index in [4.69, 9.17) is 15.8 Å². The molecule has 28 heteroatoms. The van der Waals surface area contributed by atoms with Crippen LogP contribution in [0.3, 0.4) is 0 Å². The molecule has 2 heterocycles. The van der Waals surface area contributed by atoms with Gasteiger partial charge in [-0.2, -0.15) is 52.7 Å². The number of sulfonamides is 1. The molecule has 252 valence electrons. The maximum Gasteiger partial charge on any atom is 0.422 e. The lowest BCUT2D eigenvalue weighted by Gasteiger charge is -2.14. The van der Waals surface area contributed by atoms with Crippen molar-refractivity contribution < 1.29 is 88.5 Å². The van der Waals surface area contributed by atoms with Gasteiger partial charge in [0.25, 0.3) is 9.05 Å². The van der Waals surface area contributed by atoms with Crippen LogP contribution in [0.2, 0.25) is 0 Å². The molecule has 2 N–H and O–H groups in total. The molecule has 2 aromatic rings. The van der Waals surface area contributed by atoms with E-state index in [-0.39, 0.29) is 0 Å². The fraction of sp³-hybridized carbons (Fsp3) is 0.500. The molecular weight excluding hydrogens is 718 g/mol. The van der Waals surface area contributed by atoms with Gasteiger partial charge in [-0.25, -0.2) is 41.9 Å². The molecular formula is C16H12ClF12N5O8S2. The van der Waals surface area contributed by atoms with E-state index in [1.807, 2.05) is 0 Å². The minimum absolute atomic E-state index is 0.461. The summed E-state index contributed by atoms with van der Waals surface area (Å²) in [6.07, 6.45) is -18.4. The van der Waals surface area contributed by atoms with Crippen LogP contribution in [0.15, 0.2) is 22.4 Å². The Morgan fingerprint density at radius 3 is 0.955 bits per heavy atom. The zero-order valence-corrected chi connectivity index (χ0v) is 22.7. The molecule has 0 unspecified atom stereocenters. The summed E-state index contributed by atoms with van der Waals surface area (Å²) in [6, 6.07) is 0. The van der Waals surface area contributed by atoms with Crippen LogP contribution >= 0.6 is 10.7 Å². The summed E-state index contributed by atoms with van der Waals surface area (Å²) in [6.45, 7) is -7.76. The second-order valence-corrected chi connectivity index (χ2v) is 11.2. The van der Waals surface area contributed by atoms with Crippen LogP contribution < -0.4 is 24.1 Å². The molecule has 0 radical (unpaired) electrons. The Morgan fingerprint density at radius 2 is 0.773 bits per heavy atom. The Bertz CT molecular complexity index is 1300. The lowest BCUT2D eigenvalue weighted by Crippen LogP contribution is -2.24. The van der Waals surface area contributed by atoms with Crippen LogP contribution in [-0.2, 0) is 19.1 Å². The Balaban J connectivity index is 0.000000440. The highest BCUT2D eigenvalue weighted by molar-refractivity contribution is 8.13. The summed E-state index contributed by atoms with van der Waals surface area (Å²) in [5.41, 5.74) is 0. The highest BCUT2D eigenvalue weighted by Gasteiger charge is 2.36. The van der Waals surface area contributed by atoms with Crippen molar-refractivity contribution in [2.75, 3.05) is 26.4 Å². The molecule has 2 aromatic heterocycles. The zero-order chi connectivity index (χ0) is 34.4. The van der Waals surface area contributed by atoms with Crippen molar-refractivity contribution in [3.63, 3.8) is 0 Å². The van der Waals surface area contributed by atoms with Crippen molar-refractivity contribution in [3.8, 4) is 23.5 Å². The molecule has 0 aromatic carbocycles. The third-order valence-electron chi connectivity index (χ3n) is 3.50. The first-order chi connectivity index (χ1) is 19.6. The molecule has 0 spiro atoms. The molecule has 0 fully saturated rings. The van der Waals surface area contributed by atoms with Crippen molar-refractivity contribution in [2.45, 2.75) is 34.5 Å². The van der Waals surface area contributed by atoms with Gasteiger partial charge >= 0.3 is 24.7 Å². The minimum Gasteiger partial charge on any atom is -0.467 e. The van der Waals surface area contributed by atoms with Crippen molar-refractivity contribution in [1.82, 2.24) is 19.9 Å². The van der Waals surface area contributed by atoms with Gasteiger partial charge in [0.15, 0.2) is 26.4 Å². The number of primary sulfonamides is 1. The Morgan fingerprint density at radius 1 is 0.545 bits per heavy atom. The van der Waals surface area contributed by atoms with Crippen molar-refractivity contribution in [2.24, 2.45) is 5.14 Å². The second-order valence-electron chi connectivity index (χ2n) is 7.22. The van der Waals surface area contributed by atoms with E-state index in [2.05, 4.69) is 38.9 Å². The first-order valence-corrected chi connectivity index (χ1v) is 13.9. The average molecular weight is 730 g/mol. The van der Waals surface area contributed by atoms with Crippen LogP contribution in [0.1, 0.15) is 0 Å². The number of halogens is 13. The Labute approximate surface area is 240 Å². The molecule has 0 amide bonds. The van der Waals surface area contributed by atoms with Crippen LogP contribution in [0.5, 0.6) is 23.5 Å². The van der Waals surface area contributed by atoms with Crippen molar-refractivity contribution in [1.29, 1.82) is 0 Å². The number of rotatable bonds is 10. The van der Waals surface area contributed by atoms with Gasteiger partial charge in [-0.1, -0.05) is 0 Å². The summed E-state index contributed by atoms with van der Waals surface area (Å²) in [5, 5.41) is 4.71. The SMILES string of the molecule is NS(=O)(=O)c1c(OCC(F)(F)F)ncnc1OCC(F)(F)F.O=S(=O)(Cl)c1c(OCC(F)(F)F)ncnc1OCC(F)(F)F. The molecule has 0 aliphatic carbocycles. The first-order valence-electron chi connectivity index (χ1n) is 10.0. The van der Waals surface area contributed by atoms with Gasteiger partial charge in [0.2, 0.25) is 43.3 Å². The maximum absolute atomic E-state index is 12.0. The summed E-state index contributed by atoms with van der Waals surface area (Å²) < 4.78 is 206. The van der Waals surface area contributed by atoms with E-state index in [9.17, 15) is 69.5 Å². The number of aromatic nitrogens is 4. The number of hydrogen-bond acceptors (Lipinski definition) is 12. The van der Waals surface area contributed by atoms with E-state index in [1.54, 1.807) is 0 Å².